The third-order valence-electron chi connectivity index (χ3n) is 4.68. The third-order valence-corrected chi connectivity index (χ3v) is 5.95. The molecule has 1 aliphatic heterocycles. The SMILES string of the molecule is O=C1CCCN1Cc1nnc(SCCCOc2ccc(Cl)cc2)n1-c1ccccn1. The van der Waals surface area contributed by atoms with Crippen molar-refractivity contribution in [3.05, 3.63) is 59.5 Å². The summed E-state index contributed by atoms with van der Waals surface area (Å²) in [6, 6.07) is 13.1. The van der Waals surface area contributed by atoms with E-state index in [0.29, 0.717) is 24.6 Å². The van der Waals surface area contributed by atoms with Crippen molar-refractivity contribution in [1.82, 2.24) is 24.6 Å². The van der Waals surface area contributed by atoms with E-state index in [-0.39, 0.29) is 5.91 Å². The zero-order valence-corrected chi connectivity index (χ0v) is 18.0. The lowest BCUT2D eigenvalue weighted by atomic mass is 10.3. The Morgan fingerprint density at radius 1 is 1.13 bits per heavy atom. The number of carbonyl (C=O) groups excluding carboxylic acids is 1. The van der Waals surface area contributed by atoms with Gasteiger partial charge in [0.05, 0.1) is 13.2 Å². The largest absolute Gasteiger partial charge is 0.494 e. The molecule has 3 aromatic rings. The van der Waals surface area contributed by atoms with Crippen LogP contribution < -0.4 is 4.74 Å². The number of halogens is 1. The number of amides is 1. The average molecular weight is 444 g/mol. The molecule has 4 rings (SSSR count). The maximum absolute atomic E-state index is 12.0. The molecule has 9 heteroatoms. The maximum atomic E-state index is 12.0. The van der Waals surface area contributed by atoms with Crippen LogP contribution in [0, 0.1) is 0 Å². The van der Waals surface area contributed by atoms with Gasteiger partial charge in [-0.05, 0) is 49.2 Å². The summed E-state index contributed by atoms with van der Waals surface area (Å²) in [5.74, 6) is 3.27. The first kappa shape index (κ1) is 20.7. The minimum Gasteiger partial charge on any atom is -0.494 e. The zero-order chi connectivity index (χ0) is 20.8. The number of carbonyl (C=O) groups is 1. The van der Waals surface area contributed by atoms with Gasteiger partial charge in [-0.3, -0.25) is 9.36 Å². The van der Waals surface area contributed by atoms with Gasteiger partial charge in [0, 0.05) is 29.9 Å². The van der Waals surface area contributed by atoms with Gasteiger partial charge in [0.2, 0.25) is 5.91 Å². The number of pyridine rings is 1. The van der Waals surface area contributed by atoms with Crippen molar-refractivity contribution in [3.63, 3.8) is 0 Å². The molecule has 1 saturated heterocycles. The highest BCUT2D eigenvalue weighted by Gasteiger charge is 2.24. The number of nitrogens with zero attached hydrogens (tertiary/aromatic N) is 5. The number of likely N-dealkylation sites (tertiary alicyclic amines) is 1. The summed E-state index contributed by atoms with van der Waals surface area (Å²) in [7, 11) is 0. The number of hydrogen-bond acceptors (Lipinski definition) is 6. The molecule has 0 saturated carbocycles. The predicted octanol–water partition coefficient (Wildman–Crippen LogP) is 4.00. The minimum atomic E-state index is 0.166. The molecule has 156 valence electrons. The van der Waals surface area contributed by atoms with Crippen molar-refractivity contribution < 1.29 is 9.53 Å². The van der Waals surface area contributed by atoms with Crippen molar-refractivity contribution >= 4 is 29.3 Å². The van der Waals surface area contributed by atoms with E-state index >= 15 is 0 Å². The number of ether oxygens (including phenoxy) is 1. The molecule has 0 atom stereocenters. The molecule has 0 bridgehead atoms. The highest BCUT2D eigenvalue weighted by atomic mass is 35.5. The lowest BCUT2D eigenvalue weighted by Crippen LogP contribution is -2.25. The van der Waals surface area contributed by atoms with Crippen molar-refractivity contribution in [2.45, 2.75) is 31.0 Å². The fraction of sp³-hybridized carbons (Fsp3) is 0.333. The van der Waals surface area contributed by atoms with Crippen LogP contribution in [-0.2, 0) is 11.3 Å². The molecule has 3 heterocycles. The van der Waals surface area contributed by atoms with Gasteiger partial charge in [-0.25, -0.2) is 4.98 Å². The van der Waals surface area contributed by atoms with Gasteiger partial charge in [-0.1, -0.05) is 29.4 Å². The van der Waals surface area contributed by atoms with E-state index in [0.717, 1.165) is 47.7 Å². The summed E-state index contributed by atoms with van der Waals surface area (Å²) in [5.41, 5.74) is 0. The fourth-order valence-corrected chi connectivity index (χ4v) is 4.19. The van der Waals surface area contributed by atoms with E-state index in [1.165, 1.54) is 0 Å². The zero-order valence-electron chi connectivity index (χ0n) is 16.4. The van der Waals surface area contributed by atoms with Crippen molar-refractivity contribution in [1.29, 1.82) is 0 Å². The van der Waals surface area contributed by atoms with Gasteiger partial charge in [0.25, 0.3) is 0 Å². The smallest absolute Gasteiger partial charge is 0.223 e. The van der Waals surface area contributed by atoms with E-state index in [2.05, 4.69) is 15.2 Å². The second-order valence-corrected chi connectivity index (χ2v) is 8.34. The number of rotatable bonds is 9. The number of aromatic nitrogens is 4. The van der Waals surface area contributed by atoms with Crippen molar-refractivity contribution in [2.75, 3.05) is 18.9 Å². The number of thioether (sulfide) groups is 1. The summed E-state index contributed by atoms with van der Waals surface area (Å²) in [6.07, 6.45) is 4.09. The second kappa shape index (κ2) is 9.95. The highest BCUT2D eigenvalue weighted by molar-refractivity contribution is 7.99. The Labute approximate surface area is 184 Å². The highest BCUT2D eigenvalue weighted by Crippen LogP contribution is 2.24. The van der Waals surface area contributed by atoms with Crippen LogP contribution in [0.15, 0.2) is 53.8 Å². The van der Waals surface area contributed by atoms with Crippen LogP contribution in [0.3, 0.4) is 0 Å². The van der Waals surface area contributed by atoms with Crippen LogP contribution in [0.5, 0.6) is 5.75 Å². The van der Waals surface area contributed by atoms with Crippen LogP contribution in [0.4, 0.5) is 0 Å². The topological polar surface area (TPSA) is 73.1 Å². The van der Waals surface area contributed by atoms with Gasteiger partial charge in [0.1, 0.15) is 11.6 Å². The Morgan fingerprint density at radius 3 is 2.73 bits per heavy atom. The fourth-order valence-electron chi connectivity index (χ4n) is 3.20. The lowest BCUT2D eigenvalue weighted by Gasteiger charge is -2.16. The molecule has 1 fully saturated rings. The number of hydrogen-bond donors (Lipinski definition) is 0. The van der Waals surface area contributed by atoms with Crippen LogP contribution in [0.2, 0.25) is 5.02 Å². The molecule has 0 spiro atoms. The molecule has 30 heavy (non-hydrogen) atoms. The average Bonchev–Trinajstić information content (AvgIpc) is 3.36. The van der Waals surface area contributed by atoms with Gasteiger partial charge in [-0.2, -0.15) is 0 Å². The molecule has 0 N–H and O–H groups in total. The summed E-state index contributed by atoms with van der Waals surface area (Å²) in [6.45, 7) is 1.81. The Bertz CT molecular complexity index is 981. The van der Waals surface area contributed by atoms with Gasteiger partial charge in [-0.15, -0.1) is 10.2 Å². The molecule has 0 unspecified atom stereocenters. The van der Waals surface area contributed by atoms with Crippen LogP contribution >= 0.6 is 23.4 Å². The van der Waals surface area contributed by atoms with Gasteiger partial charge < -0.3 is 9.64 Å². The minimum absolute atomic E-state index is 0.166. The second-order valence-electron chi connectivity index (χ2n) is 6.85. The number of benzene rings is 1. The first-order valence-electron chi connectivity index (χ1n) is 9.85. The Hall–Kier alpha value is -2.58. The molecule has 7 nitrogen and oxygen atoms in total. The van der Waals surface area contributed by atoms with Gasteiger partial charge in [0.15, 0.2) is 11.0 Å². The summed E-state index contributed by atoms with van der Waals surface area (Å²) >= 11 is 7.49. The van der Waals surface area contributed by atoms with Crippen LogP contribution in [0.1, 0.15) is 25.1 Å². The summed E-state index contributed by atoms with van der Waals surface area (Å²) < 4.78 is 7.69. The molecule has 1 aromatic carbocycles. The summed E-state index contributed by atoms with van der Waals surface area (Å²) in [4.78, 5) is 18.3. The van der Waals surface area contributed by atoms with Crippen LogP contribution in [-0.4, -0.2) is 49.5 Å². The first-order valence-corrected chi connectivity index (χ1v) is 11.2. The lowest BCUT2D eigenvalue weighted by molar-refractivity contribution is -0.128. The monoisotopic (exact) mass is 443 g/mol. The summed E-state index contributed by atoms with van der Waals surface area (Å²) in [5, 5.41) is 10.2. The standard InChI is InChI=1S/C21H22ClN5O2S/c22-16-7-9-17(10-8-16)29-13-4-14-30-21-25-24-19(15-26-12-3-6-20(26)28)27(21)18-5-1-2-11-23-18/h1-2,5,7-11H,3-4,6,12-15H2. The predicted molar refractivity (Wildman–Crippen MR) is 116 cm³/mol. The maximum Gasteiger partial charge on any atom is 0.223 e. The molecule has 0 aliphatic carbocycles. The van der Waals surface area contributed by atoms with Crippen LogP contribution in [0.25, 0.3) is 5.82 Å². The van der Waals surface area contributed by atoms with E-state index in [1.807, 2.05) is 51.9 Å². The molecular weight excluding hydrogens is 422 g/mol. The van der Waals surface area contributed by atoms with E-state index < -0.39 is 0 Å². The van der Waals surface area contributed by atoms with Gasteiger partial charge >= 0.3 is 0 Å². The molecule has 2 aromatic heterocycles. The van der Waals surface area contributed by atoms with E-state index in [9.17, 15) is 4.79 Å². The van der Waals surface area contributed by atoms with Crippen molar-refractivity contribution in [3.8, 4) is 11.6 Å². The normalized spacial score (nSPS) is 13.8. The Balaban J connectivity index is 1.39. The first-order chi connectivity index (χ1) is 14.7. The Morgan fingerprint density at radius 2 is 2.00 bits per heavy atom. The Kier molecular flexibility index (Phi) is 6.86. The third kappa shape index (κ3) is 5.12. The molecular formula is C21H22ClN5O2S. The molecule has 0 radical (unpaired) electrons. The van der Waals surface area contributed by atoms with E-state index in [4.69, 9.17) is 16.3 Å². The molecule has 1 aliphatic rings. The van der Waals surface area contributed by atoms with E-state index in [1.54, 1.807) is 18.0 Å². The quantitative estimate of drug-likeness (QED) is 0.367. The van der Waals surface area contributed by atoms with Crippen molar-refractivity contribution in [2.24, 2.45) is 0 Å². The molecule has 1 amide bonds.